The van der Waals surface area contributed by atoms with E-state index in [1.54, 1.807) is 42.5 Å². The molecule has 5 rings (SSSR count). The van der Waals surface area contributed by atoms with Crippen LogP contribution in [0.1, 0.15) is 29.7 Å². The number of allylic oxidation sites excluding steroid dienone is 6. The van der Waals surface area contributed by atoms with Crippen molar-refractivity contribution in [1.82, 2.24) is 0 Å². The molecule has 2 N–H and O–H groups in total. The van der Waals surface area contributed by atoms with Gasteiger partial charge in [-0.3, -0.25) is 9.11 Å². The van der Waals surface area contributed by atoms with Gasteiger partial charge in [0.1, 0.15) is 5.75 Å². The SMILES string of the molecule is O=S(=O)(O)Cc1c(C=CC2=C(Cl)/C(=C/C=C3Sc4ccc(Cl)cc4N3CS(=O)(=O)O)CCC2)sc2ccc(Cl)cc12. The number of nitrogens with zero attached hydrogens (tertiary/aromatic N) is 1. The molecule has 1 aliphatic carbocycles. The highest BCUT2D eigenvalue weighted by Crippen LogP contribution is 2.47. The zero-order valence-corrected chi connectivity index (χ0v) is 26.6. The van der Waals surface area contributed by atoms with Crippen molar-refractivity contribution in [3.63, 3.8) is 0 Å². The van der Waals surface area contributed by atoms with Crippen LogP contribution in [-0.2, 0) is 26.0 Å². The number of thiophene rings is 1. The molecule has 0 saturated carbocycles. The second-order valence-electron chi connectivity index (χ2n) is 9.39. The first-order valence-electron chi connectivity index (χ1n) is 12.1. The summed E-state index contributed by atoms with van der Waals surface area (Å²) in [5.41, 5.74) is 2.77. The summed E-state index contributed by atoms with van der Waals surface area (Å²) < 4.78 is 66.9. The highest BCUT2D eigenvalue weighted by molar-refractivity contribution is 8.03. The van der Waals surface area contributed by atoms with Gasteiger partial charge in [0.2, 0.25) is 0 Å². The lowest BCUT2D eigenvalue weighted by molar-refractivity contribution is 0.480. The highest BCUT2D eigenvalue weighted by Gasteiger charge is 2.28. The van der Waals surface area contributed by atoms with Crippen LogP contribution in [0.15, 0.2) is 80.7 Å². The third-order valence-electron chi connectivity index (χ3n) is 6.41. The highest BCUT2D eigenvalue weighted by atomic mass is 35.5. The number of thioether (sulfide) groups is 1. The number of anilines is 1. The van der Waals surface area contributed by atoms with Crippen molar-refractivity contribution in [3.8, 4) is 0 Å². The fourth-order valence-corrected chi connectivity index (χ4v) is 8.91. The first-order valence-corrected chi connectivity index (χ1v) is 18.1. The number of rotatable bonds is 7. The molecule has 14 heteroatoms. The van der Waals surface area contributed by atoms with Crippen LogP contribution in [0.5, 0.6) is 0 Å². The van der Waals surface area contributed by atoms with Crippen molar-refractivity contribution in [3.05, 3.63) is 96.3 Å². The van der Waals surface area contributed by atoms with Crippen LogP contribution in [0, 0.1) is 0 Å². The number of hydrogen-bond acceptors (Lipinski definition) is 7. The Morgan fingerprint density at radius 3 is 2.37 bits per heavy atom. The number of benzene rings is 2. The van der Waals surface area contributed by atoms with Crippen LogP contribution in [-0.4, -0.2) is 31.8 Å². The maximum atomic E-state index is 11.8. The summed E-state index contributed by atoms with van der Waals surface area (Å²) in [5.74, 6) is -1.16. The van der Waals surface area contributed by atoms with Gasteiger partial charge in [0.25, 0.3) is 20.2 Å². The largest absolute Gasteiger partial charge is 0.317 e. The molecule has 41 heavy (non-hydrogen) atoms. The standard InChI is InChI=1S/C27H22Cl3NO6S4/c28-18-6-9-23-20(12-18)21(14-40(32,33)34)24(38-23)8-4-16-2-1-3-17(27(16)30)5-11-26-31(15-41(35,36)37)22-13-19(29)7-10-25(22)39-26/h4-13H,1-3,14-15H2,(H,32,33,34)(H,35,36,37)/b8-4?,17-5+,26-11?. The zero-order valence-electron chi connectivity index (χ0n) is 21.1. The van der Waals surface area contributed by atoms with Gasteiger partial charge in [-0.15, -0.1) is 11.3 Å². The van der Waals surface area contributed by atoms with Gasteiger partial charge in [0.05, 0.1) is 10.7 Å². The van der Waals surface area contributed by atoms with E-state index in [2.05, 4.69) is 0 Å². The lowest BCUT2D eigenvalue weighted by Gasteiger charge is -2.19. The minimum atomic E-state index is -4.32. The predicted octanol–water partition coefficient (Wildman–Crippen LogP) is 8.51. The Labute approximate surface area is 261 Å². The maximum Gasteiger partial charge on any atom is 0.283 e. The lowest BCUT2D eigenvalue weighted by Crippen LogP contribution is -2.25. The molecule has 2 aromatic carbocycles. The summed E-state index contributed by atoms with van der Waals surface area (Å²) in [4.78, 5) is 2.97. The lowest BCUT2D eigenvalue weighted by atomic mass is 9.94. The maximum absolute atomic E-state index is 11.8. The summed E-state index contributed by atoms with van der Waals surface area (Å²) in [6, 6.07) is 10.4. The smallest absolute Gasteiger partial charge is 0.283 e. The molecule has 7 nitrogen and oxygen atoms in total. The average molecular weight is 691 g/mol. The van der Waals surface area contributed by atoms with Gasteiger partial charge in [-0.2, -0.15) is 16.8 Å². The summed E-state index contributed by atoms with van der Waals surface area (Å²) in [6.07, 6.45) is 9.51. The fraction of sp³-hybridized carbons (Fsp3) is 0.185. The van der Waals surface area contributed by atoms with Crippen LogP contribution in [0.4, 0.5) is 5.69 Å². The molecule has 0 unspecified atom stereocenters. The molecule has 0 spiro atoms. The quantitative estimate of drug-likeness (QED) is 0.237. The Morgan fingerprint density at radius 1 is 0.902 bits per heavy atom. The summed E-state index contributed by atoms with van der Waals surface area (Å²) in [5, 5.41) is 2.72. The van der Waals surface area contributed by atoms with E-state index in [1.807, 2.05) is 18.2 Å². The number of fused-ring (bicyclic) bond motifs is 2. The molecule has 1 aromatic heterocycles. The summed E-state index contributed by atoms with van der Waals surface area (Å²) in [6.45, 7) is 0. The van der Waals surface area contributed by atoms with Crippen LogP contribution >= 0.6 is 57.9 Å². The Morgan fingerprint density at radius 2 is 1.63 bits per heavy atom. The predicted molar refractivity (Wildman–Crippen MR) is 170 cm³/mol. The molecular weight excluding hydrogens is 669 g/mol. The van der Waals surface area contributed by atoms with Gasteiger partial charge in [-0.1, -0.05) is 58.7 Å². The van der Waals surface area contributed by atoms with Gasteiger partial charge < -0.3 is 4.90 Å². The minimum Gasteiger partial charge on any atom is -0.317 e. The Bertz CT molecular complexity index is 1890. The molecular formula is C27H22Cl3NO6S4. The van der Waals surface area contributed by atoms with E-state index < -0.39 is 31.9 Å². The van der Waals surface area contributed by atoms with Crippen LogP contribution in [0.25, 0.3) is 16.2 Å². The first kappa shape index (κ1) is 30.7. The minimum absolute atomic E-state index is 0.445. The van der Waals surface area contributed by atoms with Gasteiger partial charge in [0.15, 0.2) is 5.88 Å². The van der Waals surface area contributed by atoms with Gasteiger partial charge in [-0.05, 0) is 89.9 Å². The van der Waals surface area contributed by atoms with Gasteiger partial charge >= 0.3 is 0 Å². The molecule has 0 bridgehead atoms. The molecule has 0 amide bonds. The van der Waals surface area contributed by atoms with Crippen molar-refractivity contribution in [2.75, 3.05) is 10.8 Å². The normalized spacial score (nSPS) is 18.4. The second kappa shape index (κ2) is 12.1. The molecule has 2 aliphatic rings. The Balaban J connectivity index is 1.47. The van der Waals surface area contributed by atoms with Gasteiger partial charge in [0, 0.05) is 29.6 Å². The van der Waals surface area contributed by atoms with E-state index in [1.165, 1.54) is 28.0 Å². The molecule has 0 saturated heterocycles. The molecule has 0 fully saturated rings. The average Bonchev–Trinajstić information content (AvgIpc) is 3.37. The van der Waals surface area contributed by atoms with Crippen LogP contribution in [0.2, 0.25) is 10.0 Å². The zero-order chi connectivity index (χ0) is 29.5. The monoisotopic (exact) mass is 689 g/mol. The van der Waals surface area contributed by atoms with Crippen molar-refractivity contribution in [1.29, 1.82) is 0 Å². The molecule has 1 aliphatic heterocycles. The van der Waals surface area contributed by atoms with Crippen molar-refractivity contribution < 1.29 is 25.9 Å². The third kappa shape index (κ3) is 7.41. The topological polar surface area (TPSA) is 112 Å². The van der Waals surface area contributed by atoms with E-state index in [0.717, 1.165) is 27.2 Å². The van der Waals surface area contributed by atoms with Crippen molar-refractivity contribution in [2.45, 2.75) is 29.9 Å². The fourth-order valence-electron chi connectivity index (χ4n) is 4.66. The first-order chi connectivity index (χ1) is 19.3. The number of hydrogen-bond donors (Lipinski definition) is 2. The molecule has 2 heterocycles. The second-order valence-corrected chi connectivity index (χ2v) is 15.7. The Hall–Kier alpha value is -1.80. The number of halogens is 3. The van der Waals surface area contributed by atoms with E-state index in [0.29, 0.717) is 54.5 Å². The van der Waals surface area contributed by atoms with Crippen LogP contribution < -0.4 is 4.90 Å². The molecule has 0 radical (unpaired) electrons. The van der Waals surface area contributed by atoms with E-state index in [4.69, 9.17) is 34.8 Å². The van der Waals surface area contributed by atoms with E-state index >= 15 is 0 Å². The van der Waals surface area contributed by atoms with E-state index in [9.17, 15) is 25.9 Å². The summed E-state index contributed by atoms with van der Waals surface area (Å²) in [7, 11) is -8.60. The van der Waals surface area contributed by atoms with E-state index in [-0.39, 0.29) is 0 Å². The van der Waals surface area contributed by atoms with Crippen molar-refractivity contribution in [2.24, 2.45) is 0 Å². The van der Waals surface area contributed by atoms with Gasteiger partial charge in [-0.25, -0.2) is 0 Å². The molecule has 0 atom stereocenters. The van der Waals surface area contributed by atoms with Crippen molar-refractivity contribution >= 4 is 100.0 Å². The molecule has 216 valence electrons. The molecule has 3 aromatic rings. The summed E-state index contributed by atoms with van der Waals surface area (Å²) >= 11 is 21.8. The third-order valence-corrected chi connectivity index (χ3v) is 10.9. The van der Waals surface area contributed by atoms with Crippen LogP contribution in [0.3, 0.4) is 0 Å². The Kier molecular flexibility index (Phi) is 9.02.